The van der Waals surface area contributed by atoms with Crippen molar-refractivity contribution in [2.45, 2.75) is 0 Å². The maximum atomic E-state index is 11.8. The van der Waals surface area contributed by atoms with Gasteiger partial charge in [0, 0.05) is 4.47 Å². The van der Waals surface area contributed by atoms with Gasteiger partial charge in [-0.3, -0.25) is 4.79 Å². The van der Waals surface area contributed by atoms with E-state index in [1.165, 1.54) is 11.3 Å². The fourth-order valence-corrected chi connectivity index (χ4v) is 2.79. The highest BCUT2D eigenvalue weighted by Crippen LogP contribution is 2.23. The normalized spacial score (nSPS) is 10.2. The van der Waals surface area contributed by atoms with Gasteiger partial charge in [-0.1, -0.05) is 15.9 Å². The number of benzene rings is 1. The molecule has 0 aliphatic carbocycles. The van der Waals surface area contributed by atoms with Crippen LogP contribution in [0.15, 0.2) is 44.7 Å². The second kappa shape index (κ2) is 5.80. The summed E-state index contributed by atoms with van der Waals surface area (Å²) in [6.07, 6.45) is 0. The first-order valence-corrected chi connectivity index (χ1v) is 7.22. The van der Waals surface area contributed by atoms with Crippen LogP contribution in [0.2, 0.25) is 0 Å². The monoisotopic (exact) mass is 374 g/mol. The molecule has 0 bridgehead atoms. The zero-order valence-electron chi connectivity index (χ0n) is 8.65. The number of Topliss-reactive ketones (excluding diaryl/α,β-unsaturated/α-hetero) is 1. The molecule has 88 valence electrons. The van der Waals surface area contributed by atoms with Crippen molar-refractivity contribution < 1.29 is 9.53 Å². The zero-order valence-corrected chi connectivity index (χ0v) is 12.6. The molecule has 0 saturated heterocycles. The van der Waals surface area contributed by atoms with Crippen LogP contribution in [0, 0.1) is 0 Å². The summed E-state index contributed by atoms with van der Waals surface area (Å²) in [7, 11) is 0. The van der Waals surface area contributed by atoms with Gasteiger partial charge in [0.2, 0.25) is 5.78 Å². The van der Waals surface area contributed by atoms with Gasteiger partial charge in [0.1, 0.15) is 5.75 Å². The summed E-state index contributed by atoms with van der Waals surface area (Å²) in [5, 5.41) is 0. The molecule has 1 aromatic heterocycles. The van der Waals surface area contributed by atoms with Crippen LogP contribution in [0.3, 0.4) is 0 Å². The van der Waals surface area contributed by atoms with Gasteiger partial charge in [-0.25, -0.2) is 0 Å². The molecule has 2 aromatic rings. The quantitative estimate of drug-likeness (QED) is 0.733. The highest BCUT2D eigenvalue weighted by Gasteiger charge is 2.09. The van der Waals surface area contributed by atoms with Gasteiger partial charge < -0.3 is 4.74 Å². The number of rotatable bonds is 4. The molecular formula is C12H8Br2O2S. The van der Waals surface area contributed by atoms with Gasteiger partial charge in [-0.2, -0.15) is 0 Å². The van der Waals surface area contributed by atoms with Crippen LogP contribution in [0.25, 0.3) is 0 Å². The number of halogens is 2. The second-order valence-electron chi connectivity index (χ2n) is 3.27. The average Bonchev–Trinajstić information content (AvgIpc) is 2.75. The number of hydrogen-bond donors (Lipinski definition) is 0. The van der Waals surface area contributed by atoms with Crippen LogP contribution in [-0.4, -0.2) is 12.4 Å². The van der Waals surface area contributed by atoms with Gasteiger partial charge in [0.15, 0.2) is 6.61 Å². The second-order valence-corrected chi connectivity index (χ2v) is 6.65. The van der Waals surface area contributed by atoms with E-state index in [-0.39, 0.29) is 12.4 Å². The number of carbonyl (C=O) groups is 1. The topological polar surface area (TPSA) is 26.3 Å². The van der Waals surface area contributed by atoms with Crippen LogP contribution in [0.1, 0.15) is 9.67 Å². The van der Waals surface area contributed by atoms with Crippen molar-refractivity contribution in [3.63, 3.8) is 0 Å². The third kappa shape index (κ3) is 3.66. The molecule has 5 heteroatoms. The Balaban J connectivity index is 1.94. The fraction of sp³-hybridized carbons (Fsp3) is 0.0833. The summed E-state index contributed by atoms with van der Waals surface area (Å²) in [6, 6.07) is 11.0. The molecule has 0 atom stereocenters. The van der Waals surface area contributed by atoms with E-state index in [2.05, 4.69) is 31.9 Å². The summed E-state index contributed by atoms with van der Waals surface area (Å²) in [5.74, 6) is 0.681. The van der Waals surface area contributed by atoms with Gasteiger partial charge >= 0.3 is 0 Å². The third-order valence-corrected chi connectivity index (χ3v) is 4.22. The summed E-state index contributed by atoms with van der Waals surface area (Å²) < 4.78 is 7.34. The van der Waals surface area contributed by atoms with Gasteiger partial charge in [0.05, 0.1) is 8.66 Å². The van der Waals surface area contributed by atoms with Crippen molar-refractivity contribution >= 4 is 49.0 Å². The van der Waals surface area contributed by atoms with E-state index in [0.29, 0.717) is 10.6 Å². The Morgan fingerprint density at radius 3 is 2.41 bits per heavy atom. The molecule has 0 fully saturated rings. The first-order chi connectivity index (χ1) is 8.15. The molecule has 0 N–H and O–H groups in total. The number of thiophene rings is 1. The Hall–Kier alpha value is -0.650. The summed E-state index contributed by atoms with van der Waals surface area (Å²) in [5.41, 5.74) is 0. The van der Waals surface area contributed by atoms with Crippen molar-refractivity contribution in [3.8, 4) is 5.75 Å². The molecule has 17 heavy (non-hydrogen) atoms. The molecule has 2 rings (SSSR count). The Bertz CT molecular complexity index is 520. The molecular weight excluding hydrogens is 368 g/mol. The number of ether oxygens (including phenoxy) is 1. The summed E-state index contributed by atoms with van der Waals surface area (Å²) in [4.78, 5) is 12.5. The van der Waals surface area contributed by atoms with Crippen molar-refractivity contribution in [1.29, 1.82) is 0 Å². The first-order valence-electron chi connectivity index (χ1n) is 4.82. The van der Waals surface area contributed by atoms with E-state index in [4.69, 9.17) is 4.74 Å². The van der Waals surface area contributed by atoms with Crippen molar-refractivity contribution in [2.24, 2.45) is 0 Å². The Morgan fingerprint density at radius 2 is 1.82 bits per heavy atom. The standard InChI is InChI=1S/C12H8Br2O2S/c13-8-1-3-9(4-2-8)16-7-10(15)11-5-6-12(14)17-11/h1-6H,7H2. The zero-order chi connectivity index (χ0) is 12.3. The first kappa shape index (κ1) is 12.8. The van der Waals surface area contributed by atoms with Crippen LogP contribution >= 0.6 is 43.2 Å². The maximum Gasteiger partial charge on any atom is 0.210 e. The van der Waals surface area contributed by atoms with E-state index < -0.39 is 0 Å². The van der Waals surface area contributed by atoms with Gasteiger partial charge in [0.25, 0.3) is 0 Å². The molecule has 0 radical (unpaired) electrons. The highest BCUT2D eigenvalue weighted by molar-refractivity contribution is 9.11. The van der Waals surface area contributed by atoms with Crippen molar-refractivity contribution in [1.82, 2.24) is 0 Å². The molecule has 0 amide bonds. The predicted molar refractivity (Wildman–Crippen MR) is 76.0 cm³/mol. The van der Waals surface area contributed by atoms with Crippen molar-refractivity contribution in [2.75, 3.05) is 6.61 Å². The third-order valence-electron chi connectivity index (χ3n) is 2.03. The lowest BCUT2D eigenvalue weighted by molar-refractivity contribution is 0.0925. The Morgan fingerprint density at radius 1 is 1.12 bits per heavy atom. The minimum absolute atomic E-state index is 0.0105. The minimum Gasteiger partial charge on any atom is -0.485 e. The number of ketones is 1. The molecule has 1 aromatic carbocycles. The van der Waals surface area contributed by atoms with E-state index in [0.717, 1.165) is 8.26 Å². The summed E-state index contributed by atoms with van der Waals surface area (Å²) >= 11 is 8.08. The van der Waals surface area contributed by atoms with Crippen molar-refractivity contribution in [3.05, 3.63) is 49.5 Å². The summed E-state index contributed by atoms with van der Waals surface area (Å²) in [6.45, 7) is 0.0641. The van der Waals surface area contributed by atoms with E-state index in [1.54, 1.807) is 6.07 Å². The van der Waals surface area contributed by atoms with Gasteiger partial charge in [-0.05, 0) is 52.3 Å². The van der Waals surface area contributed by atoms with Crippen LogP contribution in [-0.2, 0) is 0 Å². The number of hydrogen-bond acceptors (Lipinski definition) is 3. The smallest absolute Gasteiger partial charge is 0.210 e. The molecule has 0 saturated carbocycles. The Kier molecular flexibility index (Phi) is 4.36. The lowest BCUT2D eigenvalue weighted by atomic mass is 10.3. The molecule has 0 spiro atoms. The molecule has 0 aliphatic rings. The lowest BCUT2D eigenvalue weighted by Crippen LogP contribution is -2.09. The molecule has 1 heterocycles. The van der Waals surface area contributed by atoms with Crippen LogP contribution < -0.4 is 4.74 Å². The maximum absolute atomic E-state index is 11.8. The molecule has 0 aliphatic heterocycles. The van der Waals surface area contributed by atoms with E-state index >= 15 is 0 Å². The SMILES string of the molecule is O=C(COc1ccc(Br)cc1)c1ccc(Br)s1. The minimum atomic E-state index is -0.0105. The lowest BCUT2D eigenvalue weighted by Gasteiger charge is -2.04. The van der Waals surface area contributed by atoms with Crippen LogP contribution in [0.5, 0.6) is 5.75 Å². The highest BCUT2D eigenvalue weighted by atomic mass is 79.9. The molecule has 2 nitrogen and oxygen atoms in total. The fourth-order valence-electron chi connectivity index (χ4n) is 1.21. The largest absolute Gasteiger partial charge is 0.485 e. The van der Waals surface area contributed by atoms with Gasteiger partial charge in [-0.15, -0.1) is 11.3 Å². The average molecular weight is 376 g/mol. The number of carbonyl (C=O) groups excluding carboxylic acids is 1. The molecule has 0 unspecified atom stereocenters. The Labute approximate surface area is 120 Å². The van der Waals surface area contributed by atoms with E-state index in [9.17, 15) is 4.79 Å². The van der Waals surface area contributed by atoms with Crippen LogP contribution in [0.4, 0.5) is 0 Å². The predicted octanol–water partition coefficient (Wildman–Crippen LogP) is 4.53. The van der Waals surface area contributed by atoms with E-state index in [1.807, 2.05) is 30.3 Å².